The third kappa shape index (κ3) is 7.77. The lowest BCUT2D eigenvalue weighted by molar-refractivity contribution is -0.121. The SMILES string of the molecule is CC(CCC(=O)NCc1ccccn1)CNC(=O)c1cccc(CCCc2c(O)c3ccccc3oc2=O)c1. The molecule has 0 saturated carbocycles. The number of rotatable bonds is 12. The summed E-state index contributed by atoms with van der Waals surface area (Å²) in [6.07, 6.45) is 4.34. The van der Waals surface area contributed by atoms with Crippen molar-refractivity contribution < 1.29 is 19.1 Å². The van der Waals surface area contributed by atoms with Gasteiger partial charge in [0.1, 0.15) is 11.3 Å². The molecule has 4 rings (SSSR count). The van der Waals surface area contributed by atoms with Crippen LogP contribution >= 0.6 is 0 Å². The molecule has 1 unspecified atom stereocenters. The Kier molecular flexibility index (Phi) is 9.45. The van der Waals surface area contributed by atoms with E-state index in [1.54, 1.807) is 36.5 Å². The second-order valence-electron chi connectivity index (χ2n) is 9.72. The highest BCUT2D eigenvalue weighted by Gasteiger charge is 2.14. The molecule has 4 aromatic rings. The van der Waals surface area contributed by atoms with Crippen molar-refractivity contribution in [2.45, 2.75) is 45.6 Å². The minimum Gasteiger partial charge on any atom is -0.507 e. The molecule has 0 fully saturated rings. The van der Waals surface area contributed by atoms with Gasteiger partial charge in [0.05, 0.1) is 23.2 Å². The van der Waals surface area contributed by atoms with E-state index in [1.807, 2.05) is 43.3 Å². The maximum absolute atomic E-state index is 12.7. The van der Waals surface area contributed by atoms with Crippen LogP contribution in [0.2, 0.25) is 0 Å². The Balaban J connectivity index is 1.21. The number of carbonyl (C=O) groups excluding carboxylic acids is 2. The first-order chi connectivity index (χ1) is 18.9. The number of benzene rings is 2. The number of aromatic nitrogens is 1. The summed E-state index contributed by atoms with van der Waals surface area (Å²) >= 11 is 0. The molecule has 0 aliphatic carbocycles. The van der Waals surface area contributed by atoms with Crippen LogP contribution in [0.3, 0.4) is 0 Å². The first-order valence-electron chi connectivity index (χ1n) is 13.2. The molecule has 0 spiro atoms. The standard InChI is InChI=1S/C31H33N3O5/c1-21(15-16-28(35)33-20-24-11-4-5-17-32-24)19-34-30(37)23-10-6-8-22(18-23)9-7-13-26-29(36)25-12-2-3-14-27(25)39-31(26)38/h2-6,8,10-12,14,17-18,21,36H,7,9,13,15-16,19-20H2,1H3,(H,33,35)(H,34,37). The fraction of sp³-hybridized carbons (Fsp3) is 0.290. The van der Waals surface area contributed by atoms with Gasteiger partial charge in [0.2, 0.25) is 5.91 Å². The Labute approximate surface area is 227 Å². The molecular weight excluding hydrogens is 494 g/mol. The number of carbonyl (C=O) groups is 2. The highest BCUT2D eigenvalue weighted by Crippen LogP contribution is 2.27. The quantitative estimate of drug-likeness (QED) is 0.233. The Morgan fingerprint density at radius 1 is 1.00 bits per heavy atom. The van der Waals surface area contributed by atoms with E-state index in [-0.39, 0.29) is 29.0 Å². The molecule has 8 heteroatoms. The number of hydrogen-bond donors (Lipinski definition) is 3. The number of aromatic hydroxyl groups is 1. The first kappa shape index (κ1) is 27.6. The molecule has 0 bridgehead atoms. The van der Waals surface area contributed by atoms with Gasteiger partial charge in [0, 0.05) is 24.7 Å². The summed E-state index contributed by atoms with van der Waals surface area (Å²) in [6.45, 7) is 2.87. The van der Waals surface area contributed by atoms with Crippen molar-refractivity contribution in [3.8, 4) is 5.75 Å². The number of hydrogen-bond acceptors (Lipinski definition) is 6. The minimum absolute atomic E-state index is 0.0326. The zero-order valence-corrected chi connectivity index (χ0v) is 22.0. The molecule has 2 heterocycles. The van der Waals surface area contributed by atoms with Gasteiger partial charge in [-0.1, -0.05) is 37.3 Å². The van der Waals surface area contributed by atoms with E-state index in [4.69, 9.17) is 4.42 Å². The minimum atomic E-state index is -0.529. The molecule has 3 N–H and O–H groups in total. The van der Waals surface area contributed by atoms with E-state index in [1.165, 1.54) is 0 Å². The molecule has 39 heavy (non-hydrogen) atoms. The van der Waals surface area contributed by atoms with Gasteiger partial charge < -0.3 is 20.2 Å². The zero-order valence-electron chi connectivity index (χ0n) is 22.0. The normalized spacial score (nSPS) is 11.7. The number of amides is 2. The van der Waals surface area contributed by atoms with Gasteiger partial charge in [0.25, 0.3) is 5.91 Å². The topological polar surface area (TPSA) is 122 Å². The van der Waals surface area contributed by atoms with Crippen molar-refractivity contribution in [3.05, 3.63) is 106 Å². The maximum atomic E-state index is 12.7. The van der Waals surface area contributed by atoms with Crippen LogP contribution in [0.1, 0.15) is 53.4 Å². The van der Waals surface area contributed by atoms with Gasteiger partial charge in [-0.05, 0) is 73.6 Å². The van der Waals surface area contributed by atoms with E-state index < -0.39 is 5.63 Å². The maximum Gasteiger partial charge on any atom is 0.343 e. The van der Waals surface area contributed by atoms with Crippen molar-refractivity contribution in [1.82, 2.24) is 15.6 Å². The summed E-state index contributed by atoms with van der Waals surface area (Å²) in [7, 11) is 0. The van der Waals surface area contributed by atoms with Gasteiger partial charge in [-0.25, -0.2) is 4.79 Å². The largest absolute Gasteiger partial charge is 0.507 e. The van der Waals surface area contributed by atoms with Crippen LogP contribution < -0.4 is 16.3 Å². The Bertz CT molecular complexity index is 1480. The first-order valence-corrected chi connectivity index (χ1v) is 13.2. The molecule has 2 amide bonds. The number of nitrogens with zero attached hydrogens (tertiary/aromatic N) is 1. The van der Waals surface area contributed by atoms with E-state index in [2.05, 4.69) is 15.6 Å². The van der Waals surface area contributed by atoms with E-state index >= 15 is 0 Å². The van der Waals surface area contributed by atoms with Crippen molar-refractivity contribution in [1.29, 1.82) is 0 Å². The van der Waals surface area contributed by atoms with Crippen molar-refractivity contribution in [2.24, 2.45) is 5.92 Å². The van der Waals surface area contributed by atoms with Gasteiger partial charge in [-0.3, -0.25) is 14.6 Å². The van der Waals surface area contributed by atoms with Crippen LogP contribution in [0, 0.1) is 5.92 Å². The van der Waals surface area contributed by atoms with Crippen LogP contribution in [0.15, 0.2) is 82.1 Å². The van der Waals surface area contributed by atoms with Crippen molar-refractivity contribution >= 4 is 22.8 Å². The second kappa shape index (κ2) is 13.4. The molecule has 0 aliphatic rings. The number of aryl methyl sites for hydroxylation is 1. The molecule has 0 radical (unpaired) electrons. The Morgan fingerprint density at radius 3 is 2.64 bits per heavy atom. The lowest BCUT2D eigenvalue weighted by Crippen LogP contribution is -2.29. The molecule has 202 valence electrons. The summed E-state index contributed by atoms with van der Waals surface area (Å²) in [5.41, 5.74) is 2.43. The van der Waals surface area contributed by atoms with Crippen LogP contribution in [-0.4, -0.2) is 28.4 Å². The average Bonchev–Trinajstić information content (AvgIpc) is 2.96. The van der Waals surface area contributed by atoms with Gasteiger partial charge in [-0.2, -0.15) is 0 Å². The van der Waals surface area contributed by atoms with Gasteiger partial charge >= 0.3 is 5.63 Å². The van der Waals surface area contributed by atoms with Crippen LogP contribution in [-0.2, 0) is 24.2 Å². The lowest BCUT2D eigenvalue weighted by atomic mass is 10.0. The summed E-state index contributed by atoms with van der Waals surface area (Å²) in [4.78, 5) is 41.4. The summed E-state index contributed by atoms with van der Waals surface area (Å²) in [6, 6.07) is 19.9. The predicted octanol–water partition coefficient (Wildman–Crippen LogP) is 4.53. The number of nitrogens with one attached hydrogen (secondary N) is 2. The molecule has 0 aliphatic heterocycles. The highest BCUT2D eigenvalue weighted by molar-refractivity contribution is 5.94. The third-order valence-corrected chi connectivity index (χ3v) is 6.63. The molecule has 2 aromatic carbocycles. The van der Waals surface area contributed by atoms with Crippen LogP contribution in [0.25, 0.3) is 11.0 Å². The number of pyridine rings is 1. The fourth-order valence-electron chi connectivity index (χ4n) is 4.36. The summed E-state index contributed by atoms with van der Waals surface area (Å²) < 4.78 is 5.34. The van der Waals surface area contributed by atoms with E-state index in [0.29, 0.717) is 61.7 Å². The summed E-state index contributed by atoms with van der Waals surface area (Å²) in [5.74, 6) is -0.105. The van der Waals surface area contributed by atoms with E-state index in [9.17, 15) is 19.5 Å². The Hall–Kier alpha value is -4.46. The van der Waals surface area contributed by atoms with Crippen LogP contribution in [0.4, 0.5) is 0 Å². The van der Waals surface area contributed by atoms with Gasteiger partial charge in [0.15, 0.2) is 0 Å². The van der Waals surface area contributed by atoms with Gasteiger partial charge in [-0.15, -0.1) is 0 Å². The van der Waals surface area contributed by atoms with Crippen LogP contribution in [0.5, 0.6) is 5.75 Å². The fourth-order valence-corrected chi connectivity index (χ4v) is 4.36. The molecule has 8 nitrogen and oxygen atoms in total. The highest BCUT2D eigenvalue weighted by atomic mass is 16.4. The van der Waals surface area contributed by atoms with Crippen molar-refractivity contribution in [3.63, 3.8) is 0 Å². The monoisotopic (exact) mass is 527 g/mol. The molecular formula is C31H33N3O5. The molecule has 1 atom stereocenters. The lowest BCUT2D eigenvalue weighted by Gasteiger charge is -2.13. The smallest absolute Gasteiger partial charge is 0.343 e. The summed E-state index contributed by atoms with van der Waals surface area (Å²) in [5, 5.41) is 16.9. The molecule has 2 aromatic heterocycles. The number of para-hydroxylation sites is 1. The van der Waals surface area contributed by atoms with E-state index in [0.717, 1.165) is 11.3 Å². The zero-order chi connectivity index (χ0) is 27.6. The van der Waals surface area contributed by atoms with Crippen molar-refractivity contribution in [2.75, 3.05) is 6.54 Å². The third-order valence-electron chi connectivity index (χ3n) is 6.63. The number of fused-ring (bicyclic) bond motifs is 1. The second-order valence-corrected chi connectivity index (χ2v) is 9.72. The Morgan fingerprint density at radius 2 is 1.82 bits per heavy atom. The molecule has 0 saturated heterocycles. The predicted molar refractivity (Wildman–Crippen MR) is 149 cm³/mol. The average molecular weight is 528 g/mol.